The molecule has 0 aromatic heterocycles. The number of nitrogens with one attached hydrogen (secondary N) is 1. The molecular weight excluding hydrogens is 488 g/mol. The summed E-state index contributed by atoms with van der Waals surface area (Å²) in [6, 6.07) is 3.77. The molecular formula is C25H31F2N3O5Si. The van der Waals surface area contributed by atoms with Gasteiger partial charge in [0, 0.05) is 10.9 Å². The van der Waals surface area contributed by atoms with E-state index in [1.54, 1.807) is 37.8 Å². The quantitative estimate of drug-likeness (QED) is 0.483. The van der Waals surface area contributed by atoms with Gasteiger partial charge in [0.05, 0.1) is 26.6 Å². The minimum atomic E-state index is -2.34. The van der Waals surface area contributed by atoms with E-state index in [1.165, 1.54) is 6.92 Å². The number of rotatable bonds is 7. The molecule has 194 valence electrons. The first-order valence-corrected chi connectivity index (χ1v) is 15.1. The van der Waals surface area contributed by atoms with E-state index in [0.717, 1.165) is 17.0 Å². The maximum Gasteiger partial charge on any atom is 0.316 e. The van der Waals surface area contributed by atoms with Gasteiger partial charge in [0.1, 0.15) is 23.4 Å². The average molecular weight is 520 g/mol. The van der Waals surface area contributed by atoms with E-state index in [4.69, 9.17) is 10.5 Å². The summed E-state index contributed by atoms with van der Waals surface area (Å²) >= 11 is 0. The third-order valence-electron chi connectivity index (χ3n) is 6.31. The highest BCUT2D eigenvalue weighted by Gasteiger charge is 2.44. The van der Waals surface area contributed by atoms with Gasteiger partial charge in [0.25, 0.3) is 5.91 Å². The lowest BCUT2D eigenvalue weighted by Crippen LogP contribution is -2.56. The van der Waals surface area contributed by atoms with Crippen LogP contribution in [0.5, 0.6) is 5.75 Å². The third kappa shape index (κ3) is 5.35. The summed E-state index contributed by atoms with van der Waals surface area (Å²) in [5.41, 5.74) is 6.55. The van der Waals surface area contributed by atoms with Gasteiger partial charge in [0.15, 0.2) is 0 Å². The summed E-state index contributed by atoms with van der Waals surface area (Å²) in [6.07, 6.45) is 0.130. The van der Waals surface area contributed by atoms with Gasteiger partial charge < -0.3 is 25.8 Å². The lowest BCUT2D eigenvalue weighted by Gasteiger charge is -2.43. The first-order valence-electron chi connectivity index (χ1n) is 11.6. The van der Waals surface area contributed by atoms with E-state index in [9.17, 15) is 28.3 Å². The minimum Gasteiger partial charge on any atom is -0.494 e. The van der Waals surface area contributed by atoms with Crippen LogP contribution in [0.25, 0.3) is 0 Å². The lowest BCUT2D eigenvalue weighted by molar-refractivity contribution is -0.144. The first-order chi connectivity index (χ1) is 16.8. The molecule has 1 aliphatic rings. The van der Waals surface area contributed by atoms with E-state index >= 15 is 0 Å². The van der Waals surface area contributed by atoms with Crippen molar-refractivity contribution in [2.45, 2.75) is 52.0 Å². The van der Waals surface area contributed by atoms with Crippen molar-refractivity contribution in [2.24, 2.45) is 11.7 Å². The molecule has 2 aromatic carbocycles. The topological polar surface area (TPSA) is 122 Å². The molecule has 2 unspecified atom stereocenters. The monoisotopic (exact) mass is 519 g/mol. The summed E-state index contributed by atoms with van der Waals surface area (Å²) in [6.45, 7) is 9.04. The Bertz CT molecular complexity index is 1180. The van der Waals surface area contributed by atoms with Crippen molar-refractivity contribution in [3.8, 4) is 5.75 Å². The Morgan fingerprint density at radius 1 is 1.19 bits per heavy atom. The van der Waals surface area contributed by atoms with E-state index < -0.39 is 55.6 Å². The molecule has 2 aromatic rings. The third-order valence-corrected chi connectivity index (χ3v) is 8.29. The van der Waals surface area contributed by atoms with Gasteiger partial charge in [-0.1, -0.05) is 25.7 Å². The van der Waals surface area contributed by atoms with E-state index in [-0.39, 0.29) is 17.3 Å². The molecule has 0 saturated heterocycles. The molecule has 0 fully saturated rings. The van der Waals surface area contributed by atoms with Crippen molar-refractivity contribution in [2.75, 3.05) is 11.9 Å². The van der Waals surface area contributed by atoms with Crippen LogP contribution >= 0.6 is 0 Å². The van der Waals surface area contributed by atoms with Crippen molar-refractivity contribution in [1.82, 2.24) is 4.90 Å². The summed E-state index contributed by atoms with van der Waals surface area (Å²) in [5.74, 6) is -4.00. The number of nitrogens with zero attached hydrogens (tertiary/aromatic N) is 1. The van der Waals surface area contributed by atoms with Gasteiger partial charge in [-0.3, -0.25) is 9.59 Å². The van der Waals surface area contributed by atoms with Crippen LogP contribution in [0.3, 0.4) is 0 Å². The van der Waals surface area contributed by atoms with E-state index in [2.05, 4.69) is 5.32 Å². The molecule has 3 amide bonds. The number of primary amides is 1. The second-order valence-electron chi connectivity index (χ2n) is 9.89. The highest BCUT2D eigenvalue weighted by molar-refractivity contribution is 6.88. The lowest BCUT2D eigenvalue weighted by atomic mass is 9.83. The van der Waals surface area contributed by atoms with Crippen LogP contribution in [0.1, 0.15) is 31.0 Å². The second kappa shape index (κ2) is 10.3. The number of urea groups is 1. The van der Waals surface area contributed by atoms with Crippen LogP contribution in [0.4, 0.5) is 19.3 Å². The fourth-order valence-electron chi connectivity index (χ4n) is 4.66. The van der Waals surface area contributed by atoms with Crippen molar-refractivity contribution < 1.29 is 33.0 Å². The smallest absolute Gasteiger partial charge is 0.316 e. The van der Waals surface area contributed by atoms with Crippen LogP contribution in [0, 0.1) is 17.6 Å². The summed E-state index contributed by atoms with van der Waals surface area (Å²) in [7, 11) is -2.34. The fourth-order valence-corrected chi connectivity index (χ4v) is 6.24. The number of fused-ring (bicyclic) bond motifs is 1. The number of ether oxygens (including phenoxy) is 1. The molecule has 8 nitrogen and oxygen atoms in total. The van der Waals surface area contributed by atoms with Gasteiger partial charge in [-0.25, -0.2) is 13.6 Å². The standard InChI is InChI=1S/C25H31F2N3O5Si/c1-6-35-16-7-8-17-14(9-16)10-20(13(2)24(32)33)30(25(28)34)21(17)23(31)29-15-11-18(26)22(19(27)12-15)36(3,4)5/h7-9,11-13,20-21H,6,10H2,1-5H3,(H2,28,34)(H,29,31)(H,32,33)/t13?,20?,21-/m1/s1. The highest BCUT2D eigenvalue weighted by Crippen LogP contribution is 2.38. The van der Waals surface area contributed by atoms with Crippen molar-refractivity contribution in [3.63, 3.8) is 0 Å². The van der Waals surface area contributed by atoms with Crippen molar-refractivity contribution >= 4 is 36.9 Å². The number of carboxylic acids is 1. The first kappa shape index (κ1) is 27.1. The van der Waals surface area contributed by atoms with Crippen LogP contribution < -0.4 is 21.0 Å². The fraction of sp³-hybridized carbons (Fsp3) is 0.400. The molecule has 0 spiro atoms. The second-order valence-corrected chi connectivity index (χ2v) is 14.9. The zero-order chi connectivity index (χ0) is 26.9. The van der Waals surface area contributed by atoms with Gasteiger partial charge >= 0.3 is 12.0 Å². The van der Waals surface area contributed by atoms with E-state index in [1.807, 2.05) is 6.92 Å². The van der Waals surface area contributed by atoms with Gasteiger partial charge in [-0.2, -0.15) is 0 Å². The van der Waals surface area contributed by atoms with Crippen molar-refractivity contribution in [3.05, 3.63) is 53.1 Å². The minimum absolute atomic E-state index is 0.0149. The summed E-state index contributed by atoms with van der Waals surface area (Å²) < 4.78 is 35.1. The maximum atomic E-state index is 14.8. The molecule has 1 aliphatic heterocycles. The summed E-state index contributed by atoms with van der Waals surface area (Å²) in [5, 5.41) is 12.2. The molecule has 1 heterocycles. The van der Waals surface area contributed by atoms with Crippen LogP contribution in [0.15, 0.2) is 30.3 Å². The Morgan fingerprint density at radius 3 is 2.31 bits per heavy atom. The van der Waals surface area contributed by atoms with Crippen LogP contribution in [0.2, 0.25) is 19.6 Å². The molecule has 11 heteroatoms. The Hall–Kier alpha value is -3.47. The number of carboxylic acid groups (broad SMARTS) is 1. The molecule has 3 atom stereocenters. The molecule has 4 N–H and O–H groups in total. The number of halogens is 2. The number of amides is 3. The molecule has 0 aliphatic carbocycles. The number of carbonyl (C=O) groups is 3. The predicted octanol–water partition coefficient (Wildman–Crippen LogP) is 3.61. The van der Waals surface area contributed by atoms with Crippen LogP contribution in [-0.4, -0.2) is 48.6 Å². The normalized spacial score (nSPS) is 18.2. The molecule has 36 heavy (non-hydrogen) atoms. The number of hydrogen-bond donors (Lipinski definition) is 3. The Balaban J connectivity index is 2.09. The molecule has 0 radical (unpaired) electrons. The maximum absolute atomic E-state index is 14.8. The van der Waals surface area contributed by atoms with Gasteiger partial charge in [-0.05, 0) is 55.7 Å². The molecule has 0 saturated carbocycles. The number of hydrogen-bond acceptors (Lipinski definition) is 4. The number of nitrogens with two attached hydrogens (primary N) is 1. The number of benzene rings is 2. The van der Waals surface area contributed by atoms with Gasteiger partial charge in [0.2, 0.25) is 0 Å². The average Bonchev–Trinajstić information content (AvgIpc) is 2.75. The molecule has 3 rings (SSSR count). The Labute approximate surface area is 209 Å². The number of carbonyl (C=O) groups excluding carboxylic acids is 2. The number of aliphatic carboxylic acids is 1. The SMILES string of the molecule is CCOc1ccc2c(c1)CC(C(C)C(=O)O)N(C(N)=O)[C@H]2C(=O)Nc1cc(F)c([Si](C)(C)C)c(F)c1. The zero-order valence-corrected chi connectivity index (χ0v) is 21.9. The largest absolute Gasteiger partial charge is 0.494 e. The van der Waals surface area contributed by atoms with Crippen LogP contribution in [-0.2, 0) is 16.0 Å². The predicted molar refractivity (Wildman–Crippen MR) is 134 cm³/mol. The van der Waals surface area contributed by atoms with E-state index in [0.29, 0.717) is 23.5 Å². The number of anilines is 1. The highest BCUT2D eigenvalue weighted by atomic mass is 28.3. The molecule has 0 bridgehead atoms. The van der Waals surface area contributed by atoms with Gasteiger partial charge in [-0.15, -0.1) is 0 Å². The summed E-state index contributed by atoms with van der Waals surface area (Å²) in [4.78, 5) is 38.9. The van der Waals surface area contributed by atoms with Crippen molar-refractivity contribution in [1.29, 1.82) is 0 Å². The Kier molecular flexibility index (Phi) is 7.72. The Morgan fingerprint density at radius 2 is 1.81 bits per heavy atom. The zero-order valence-electron chi connectivity index (χ0n) is 20.9.